The fourth-order valence-electron chi connectivity index (χ4n) is 3.46. The second kappa shape index (κ2) is 6.09. The van der Waals surface area contributed by atoms with E-state index in [1.807, 2.05) is 22.8 Å². The maximum Gasteiger partial charge on any atom is 0.261 e. The first kappa shape index (κ1) is 15.4. The summed E-state index contributed by atoms with van der Waals surface area (Å²) in [5.74, 6) is 0.136. The molecule has 1 aromatic heterocycles. The van der Waals surface area contributed by atoms with Crippen molar-refractivity contribution >= 4 is 22.5 Å². The highest BCUT2D eigenvalue weighted by Gasteiger charge is 2.20. The van der Waals surface area contributed by atoms with E-state index < -0.39 is 5.91 Å². The number of hydrogen-bond acceptors (Lipinski definition) is 3. The number of hydrogen-bond donors (Lipinski definition) is 1. The molecule has 0 spiro atoms. The van der Waals surface area contributed by atoms with Crippen molar-refractivity contribution in [3.05, 3.63) is 70.0 Å². The maximum absolute atomic E-state index is 12.9. The van der Waals surface area contributed by atoms with E-state index >= 15 is 0 Å². The number of para-hydroxylation sites is 3. The van der Waals surface area contributed by atoms with Crippen LogP contribution >= 0.6 is 0 Å². The normalized spacial score (nSPS) is 12.8. The number of rotatable bonds is 3. The number of amides is 1. The Morgan fingerprint density at radius 1 is 1.16 bits per heavy atom. The molecule has 0 unspecified atom stereocenters. The van der Waals surface area contributed by atoms with Crippen molar-refractivity contribution < 1.29 is 9.53 Å². The fraction of sp³-hybridized carbons (Fsp3) is 0.200. The summed E-state index contributed by atoms with van der Waals surface area (Å²) in [7, 11) is 1.54. The first-order chi connectivity index (χ1) is 12.2. The Morgan fingerprint density at radius 2 is 2.00 bits per heavy atom. The highest BCUT2D eigenvalue weighted by Crippen LogP contribution is 2.25. The van der Waals surface area contributed by atoms with Crippen LogP contribution in [0.15, 0.2) is 53.5 Å². The predicted octanol–water partition coefficient (Wildman–Crippen LogP) is 3.21. The number of methoxy groups -OCH3 is 1. The second-order valence-electron chi connectivity index (χ2n) is 6.14. The van der Waals surface area contributed by atoms with Crippen molar-refractivity contribution in [2.24, 2.45) is 0 Å². The maximum atomic E-state index is 12.9. The molecule has 0 saturated carbocycles. The number of pyridine rings is 1. The van der Waals surface area contributed by atoms with Gasteiger partial charge in [0.25, 0.3) is 5.91 Å². The average molecular weight is 334 g/mol. The van der Waals surface area contributed by atoms with Crippen molar-refractivity contribution in [3.8, 4) is 5.75 Å². The summed E-state index contributed by atoms with van der Waals surface area (Å²) in [5.41, 5.74) is 2.58. The van der Waals surface area contributed by atoms with Crippen molar-refractivity contribution in [2.75, 3.05) is 12.4 Å². The molecule has 5 heteroatoms. The van der Waals surface area contributed by atoms with Crippen LogP contribution in [0, 0.1) is 0 Å². The first-order valence-electron chi connectivity index (χ1n) is 8.28. The van der Waals surface area contributed by atoms with Crippen LogP contribution < -0.4 is 15.5 Å². The SMILES string of the molecule is COc1ccccc1NC(=O)c1cn2c3c(cccc3c1=O)CCC2. The highest BCUT2D eigenvalue weighted by atomic mass is 16.5. The molecule has 4 rings (SSSR count). The Kier molecular flexibility index (Phi) is 3.76. The third kappa shape index (κ3) is 2.58. The van der Waals surface area contributed by atoms with Crippen LogP contribution in [-0.2, 0) is 13.0 Å². The van der Waals surface area contributed by atoms with Crippen molar-refractivity contribution in [1.29, 1.82) is 0 Å². The molecule has 0 fully saturated rings. The fourth-order valence-corrected chi connectivity index (χ4v) is 3.46. The lowest BCUT2D eigenvalue weighted by molar-refractivity contribution is 0.102. The Hall–Kier alpha value is -3.08. The minimum Gasteiger partial charge on any atom is -0.495 e. The minimum atomic E-state index is -0.420. The topological polar surface area (TPSA) is 60.3 Å². The van der Waals surface area contributed by atoms with Crippen molar-refractivity contribution in [1.82, 2.24) is 4.57 Å². The van der Waals surface area contributed by atoms with Crippen LogP contribution in [0.1, 0.15) is 22.3 Å². The van der Waals surface area contributed by atoms with Crippen LogP contribution in [0.5, 0.6) is 5.75 Å². The zero-order chi connectivity index (χ0) is 17.4. The molecule has 1 amide bonds. The van der Waals surface area contributed by atoms with Gasteiger partial charge in [0.1, 0.15) is 11.3 Å². The molecule has 0 aliphatic carbocycles. The summed E-state index contributed by atoms with van der Waals surface area (Å²) in [6, 6.07) is 12.9. The number of carbonyl (C=O) groups is 1. The molecule has 3 aromatic rings. The van der Waals surface area contributed by atoms with Crippen molar-refractivity contribution in [2.45, 2.75) is 19.4 Å². The number of aromatic nitrogens is 1. The zero-order valence-corrected chi connectivity index (χ0v) is 13.9. The third-order valence-corrected chi connectivity index (χ3v) is 4.63. The Labute approximate surface area is 144 Å². The van der Waals surface area contributed by atoms with Gasteiger partial charge in [-0.25, -0.2) is 0 Å². The molecular formula is C20H18N2O3. The van der Waals surface area contributed by atoms with Gasteiger partial charge >= 0.3 is 0 Å². The lowest BCUT2D eigenvalue weighted by Gasteiger charge is -2.20. The number of nitrogens with one attached hydrogen (secondary N) is 1. The van der Waals surface area contributed by atoms with Gasteiger partial charge in [0.15, 0.2) is 0 Å². The van der Waals surface area contributed by atoms with Crippen LogP contribution in [0.4, 0.5) is 5.69 Å². The lowest BCUT2D eigenvalue weighted by Crippen LogP contribution is -2.25. The van der Waals surface area contributed by atoms with E-state index in [0.717, 1.165) is 30.5 Å². The molecule has 126 valence electrons. The number of anilines is 1. The molecule has 1 aliphatic rings. The predicted molar refractivity (Wildman–Crippen MR) is 97.5 cm³/mol. The Balaban J connectivity index is 1.81. The second-order valence-corrected chi connectivity index (χ2v) is 6.14. The van der Waals surface area contributed by atoms with E-state index in [1.54, 1.807) is 37.6 Å². The number of aryl methyl sites for hydroxylation is 2. The average Bonchev–Trinajstić information content (AvgIpc) is 2.65. The van der Waals surface area contributed by atoms with E-state index in [2.05, 4.69) is 5.32 Å². The summed E-state index contributed by atoms with van der Waals surface area (Å²) in [6.07, 6.45) is 3.64. The van der Waals surface area contributed by atoms with E-state index in [1.165, 1.54) is 0 Å². The highest BCUT2D eigenvalue weighted by molar-refractivity contribution is 6.06. The number of ether oxygens (including phenoxy) is 1. The summed E-state index contributed by atoms with van der Waals surface area (Å²) in [5, 5.41) is 3.39. The van der Waals surface area contributed by atoms with Crippen LogP contribution in [0.25, 0.3) is 10.9 Å². The van der Waals surface area contributed by atoms with Gasteiger partial charge in [-0.3, -0.25) is 9.59 Å². The molecule has 0 bridgehead atoms. The summed E-state index contributed by atoms with van der Waals surface area (Å²) in [6.45, 7) is 0.808. The summed E-state index contributed by atoms with van der Waals surface area (Å²) < 4.78 is 7.27. The van der Waals surface area contributed by atoms with E-state index in [-0.39, 0.29) is 11.0 Å². The lowest BCUT2D eigenvalue weighted by atomic mass is 9.99. The Bertz CT molecular complexity index is 1040. The van der Waals surface area contributed by atoms with Gasteiger partial charge in [0.05, 0.1) is 18.3 Å². The number of carbonyl (C=O) groups excluding carboxylic acids is 1. The largest absolute Gasteiger partial charge is 0.495 e. The van der Waals surface area contributed by atoms with E-state index in [9.17, 15) is 9.59 Å². The molecule has 2 heterocycles. The molecule has 1 aliphatic heterocycles. The van der Waals surface area contributed by atoms with Crippen molar-refractivity contribution in [3.63, 3.8) is 0 Å². The standard InChI is InChI=1S/C20H18N2O3/c1-25-17-10-3-2-9-16(17)21-20(24)15-12-22-11-5-7-13-6-4-8-14(18(13)22)19(15)23/h2-4,6,8-10,12H,5,7,11H2,1H3,(H,21,24). The van der Waals surface area contributed by atoms with Gasteiger partial charge in [0, 0.05) is 18.1 Å². The number of benzene rings is 2. The summed E-state index contributed by atoms with van der Waals surface area (Å²) >= 11 is 0. The van der Waals surface area contributed by atoms with Crippen LogP contribution in [0.2, 0.25) is 0 Å². The molecular weight excluding hydrogens is 316 g/mol. The Morgan fingerprint density at radius 3 is 2.84 bits per heavy atom. The van der Waals surface area contributed by atoms with Gasteiger partial charge in [-0.05, 0) is 36.6 Å². The van der Waals surface area contributed by atoms with Gasteiger partial charge in [-0.2, -0.15) is 0 Å². The molecule has 0 atom stereocenters. The summed E-state index contributed by atoms with van der Waals surface area (Å²) in [4.78, 5) is 25.6. The van der Waals surface area contributed by atoms with Crippen LogP contribution in [-0.4, -0.2) is 17.6 Å². The van der Waals surface area contributed by atoms with Gasteiger partial charge < -0.3 is 14.6 Å². The van der Waals surface area contributed by atoms with E-state index in [4.69, 9.17) is 4.74 Å². The molecule has 0 radical (unpaired) electrons. The molecule has 1 N–H and O–H groups in total. The van der Waals surface area contributed by atoms with Gasteiger partial charge in [0.2, 0.25) is 5.43 Å². The molecule has 2 aromatic carbocycles. The third-order valence-electron chi connectivity index (χ3n) is 4.63. The monoisotopic (exact) mass is 334 g/mol. The van der Waals surface area contributed by atoms with Crippen LogP contribution in [0.3, 0.4) is 0 Å². The first-order valence-corrected chi connectivity index (χ1v) is 8.28. The van der Waals surface area contributed by atoms with E-state index in [0.29, 0.717) is 16.8 Å². The molecule has 5 nitrogen and oxygen atoms in total. The van der Waals surface area contributed by atoms with Gasteiger partial charge in [-0.15, -0.1) is 0 Å². The van der Waals surface area contributed by atoms with Gasteiger partial charge in [-0.1, -0.05) is 24.3 Å². The molecule has 25 heavy (non-hydrogen) atoms. The quantitative estimate of drug-likeness (QED) is 0.800. The zero-order valence-electron chi connectivity index (χ0n) is 13.9. The number of nitrogens with zero attached hydrogens (tertiary/aromatic N) is 1. The molecule has 0 saturated heterocycles. The smallest absolute Gasteiger partial charge is 0.261 e. The minimum absolute atomic E-state index is 0.150.